The maximum Gasteiger partial charge on any atom is 0.0717 e. The second-order valence-electron chi connectivity index (χ2n) is 8.24. The first kappa shape index (κ1) is 18.5. The summed E-state index contributed by atoms with van der Waals surface area (Å²) in [5, 5.41) is 0. The van der Waals surface area contributed by atoms with Crippen LogP contribution < -0.4 is 4.90 Å². The lowest BCUT2D eigenvalue weighted by Crippen LogP contribution is -2.51. The van der Waals surface area contributed by atoms with Gasteiger partial charge in [-0.1, -0.05) is 55.5 Å². The van der Waals surface area contributed by atoms with Crippen LogP contribution in [0.25, 0.3) is 0 Å². The Morgan fingerprint density at radius 2 is 1.52 bits per heavy atom. The fourth-order valence-corrected chi connectivity index (χ4v) is 4.53. The fraction of sp³-hybridized carbons (Fsp3) is 0.500. The predicted octanol–water partition coefficient (Wildman–Crippen LogP) is 4.30. The van der Waals surface area contributed by atoms with Crippen molar-refractivity contribution in [2.75, 3.05) is 44.2 Å². The van der Waals surface area contributed by atoms with Gasteiger partial charge in [-0.3, -0.25) is 4.90 Å². The summed E-state index contributed by atoms with van der Waals surface area (Å²) < 4.78 is 5.98. The van der Waals surface area contributed by atoms with E-state index in [0.29, 0.717) is 0 Å². The third-order valence-corrected chi connectivity index (χ3v) is 6.52. The van der Waals surface area contributed by atoms with Crippen LogP contribution in [0.1, 0.15) is 18.9 Å². The van der Waals surface area contributed by atoms with Crippen LogP contribution >= 0.6 is 0 Å². The predicted molar refractivity (Wildman–Crippen MR) is 112 cm³/mol. The topological polar surface area (TPSA) is 15.7 Å². The van der Waals surface area contributed by atoms with Crippen molar-refractivity contribution in [3.63, 3.8) is 0 Å². The molecule has 1 heterocycles. The smallest absolute Gasteiger partial charge is 0.0717 e. The molecule has 3 nitrogen and oxygen atoms in total. The van der Waals surface area contributed by atoms with Crippen molar-refractivity contribution in [1.82, 2.24) is 4.90 Å². The number of piperazine rings is 1. The van der Waals surface area contributed by atoms with Gasteiger partial charge >= 0.3 is 0 Å². The third kappa shape index (κ3) is 4.72. The largest absolute Gasteiger partial charge is 0.376 e. The molecule has 0 bridgehead atoms. The minimum atomic E-state index is 0.740. The Labute approximate surface area is 163 Å². The van der Waals surface area contributed by atoms with E-state index in [1.165, 1.54) is 37.3 Å². The van der Waals surface area contributed by atoms with Crippen molar-refractivity contribution in [2.45, 2.75) is 20.0 Å². The highest BCUT2D eigenvalue weighted by Gasteiger charge is 2.38. The normalized spacial score (nSPS) is 26.0. The number of hydrogen-bond acceptors (Lipinski definition) is 3. The lowest BCUT2D eigenvalue weighted by atomic mass is 9.66. The van der Waals surface area contributed by atoms with E-state index in [0.717, 1.165) is 44.1 Å². The van der Waals surface area contributed by atoms with Gasteiger partial charge in [0.2, 0.25) is 0 Å². The quantitative estimate of drug-likeness (QED) is 0.729. The Bertz CT molecular complexity index is 682. The molecular weight excluding hydrogens is 332 g/mol. The summed E-state index contributed by atoms with van der Waals surface area (Å²) in [6.07, 6.45) is 1.33. The number of anilines is 1. The molecule has 144 valence electrons. The van der Waals surface area contributed by atoms with Crippen LogP contribution in [0.2, 0.25) is 0 Å². The molecule has 0 amide bonds. The van der Waals surface area contributed by atoms with E-state index in [1.807, 2.05) is 0 Å². The molecular formula is C24H32N2O. The number of para-hydroxylation sites is 1. The molecule has 1 aliphatic carbocycles. The molecule has 3 heteroatoms. The summed E-state index contributed by atoms with van der Waals surface area (Å²) in [6, 6.07) is 21.3. The van der Waals surface area contributed by atoms with Gasteiger partial charge in [0.05, 0.1) is 13.2 Å². The average molecular weight is 365 g/mol. The van der Waals surface area contributed by atoms with Gasteiger partial charge in [-0.05, 0) is 41.9 Å². The molecule has 3 atom stereocenters. The van der Waals surface area contributed by atoms with Crippen LogP contribution in [-0.2, 0) is 11.3 Å². The standard InChI is InChI=1S/C24H32N2O/c1-20-22(16-23(20)19-27-18-21-8-4-2-5-9-21)17-25-12-14-26(15-13-25)24-10-6-3-7-11-24/h2-11,20,22-23H,12-19H2,1H3. The molecule has 2 aromatic rings. The van der Waals surface area contributed by atoms with E-state index in [4.69, 9.17) is 4.74 Å². The summed E-state index contributed by atoms with van der Waals surface area (Å²) in [7, 11) is 0. The fourth-order valence-electron chi connectivity index (χ4n) is 4.53. The molecule has 0 spiro atoms. The second-order valence-corrected chi connectivity index (χ2v) is 8.24. The molecule has 0 aromatic heterocycles. The Hall–Kier alpha value is -1.84. The zero-order chi connectivity index (χ0) is 18.5. The van der Waals surface area contributed by atoms with Crippen LogP contribution in [0.15, 0.2) is 60.7 Å². The van der Waals surface area contributed by atoms with Crippen LogP contribution in [-0.4, -0.2) is 44.2 Å². The Morgan fingerprint density at radius 1 is 0.852 bits per heavy atom. The van der Waals surface area contributed by atoms with Crippen LogP contribution in [0, 0.1) is 17.8 Å². The number of benzene rings is 2. The zero-order valence-corrected chi connectivity index (χ0v) is 16.5. The van der Waals surface area contributed by atoms with Gasteiger partial charge in [-0.2, -0.15) is 0 Å². The average Bonchev–Trinajstić information content (AvgIpc) is 2.74. The molecule has 0 N–H and O–H groups in total. The Kier molecular flexibility index (Phi) is 6.10. The number of rotatable bonds is 7. The van der Waals surface area contributed by atoms with Gasteiger partial charge in [-0.15, -0.1) is 0 Å². The highest BCUT2D eigenvalue weighted by atomic mass is 16.5. The van der Waals surface area contributed by atoms with Crippen molar-refractivity contribution >= 4 is 5.69 Å². The van der Waals surface area contributed by atoms with Gasteiger partial charge in [0.1, 0.15) is 0 Å². The van der Waals surface area contributed by atoms with E-state index in [1.54, 1.807) is 0 Å². The summed E-state index contributed by atoms with van der Waals surface area (Å²) in [5.74, 6) is 2.37. The Morgan fingerprint density at radius 3 is 2.19 bits per heavy atom. The third-order valence-electron chi connectivity index (χ3n) is 6.52. The summed E-state index contributed by atoms with van der Waals surface area (Å²) in [4.78, 5) is 5.18. The first-order valence-corrected chi connectivity index (χ1v) is 10.4. The minimum absolute atomic E-state index is 0.740. The summed E-state index contributed by atoms with van der Waals surface area (Å²) in [5.41, 5.74) is 2.64. The van der Waals surface area contributed by atoms with Crippen LogP contribution in [0.3, 0.4) is 0 Å². The molecule has 2 fully saturated rings. The maximum atomic E-state index is 5.98. The van der Waals surface area contributed by atoms with E-state index in [-0.39, 0.29) is 0 Å². The van der Waals surface area contributed by atoms with Crippen LogP contribution in [0.5, 0.6) is 0 Å². The van der Waals surface area contributed by atoms with Crippen molar-refractivity contribution in [2.24, 2.45) is 17.8 Å². The number of hydrogen-bond donors (Lipinski definition) is 0. The lowest BCUT2D eigenvalue weighted by Gasteiger charge is -2.46. The summed E-state index contributed by atoms with van der Waals surface area (Å²) in [6.45, 7) is 10.0. The minimum Gasteiger partial charge on any atom is -0.376 e. The monoisotopic (exact) mass is 364 g/mol. The van der Waals surface area contributed by atoms with Crippen molar-refractivity contribution in [3.05, 3.63) is 66.2 Å². The number of nitrogens with zero attached hydrogens (tertiary/aromatic N) is 2. The molecule has 2 aliphatic rings. The summed E-state index contributed by atoms with van der Waals surface area (Å²) >= 11 is 0. The van der Waals surface area contributed by atoms with E-state index in [2.05, 4.69) is 77.4 Å². The highest BCUT2D eigenvalue weighted by Crippen LogP contribution is 2.41. The van der Waals surface area contributed by atoms with E-state index < -0.39 is 0 Å². The highest BCUT2D eigenvalue weighted by molar-refractivity contribution is 5.46. The van der Waals surface area contributed by atoms with Gasteiger partial charge in [0.15, 0.2) is 0 Å². The molecule has 27 heavy (non-hydrogen) atoms. The van der Waals surface area contributed by atoms with Crippen LogP contribution in [0.4, 0.5) is 5.69 Å². The molecule has 0 radical (unpaired) electrons. The maximum absolute atomic E-state index is 5.98. The molecule has 4 rings (SSSR count). The molecule has 1 aliphatic heterocycles. The molecule has 1 saturated heterocycles. The van der Waals surface area contributed by atoms with Gasteiger partial charge < -0.3 is 9.64 Å². The first-order chi connectivity index (χ1) is 13.3. The second kappa shape index (κ2) is 8.90. The molecule has 3 unspecified atom stereocenters. The van der Waals surface area contributed by atoms with Crippen molar-refractivity contribution < 1.29 is 4.74 Å². The SMILES string of the molecule is CC1C(COCc2ccccc2)CC1CN1CCN(c2ccccc2)CC1. The lowest BCUT2D eigenvalue weighted by molar-refractivity contribution is -0.0223. The zero-order valence-electron chi connectivity index (χ0n) is 16.5. The Balaban J connectivity index is 1.15. The molecule has 2 aromatic carbocycles. The van der Waals surface area contributed by atoms with Crippen molar-refractivity contribution in [1.29, 1.82) is 0 Å². The van der Waals surface area contributed by atoms with Gasteiger partial charge in [-0.25, -0.2) is 0 Å². The van der Waals surface area contributed by atoms with Crippen molar-refractivity contribution in [3.8, 4) is 0 Å². The first-order valence-electron chi connectivity index (χ1n) is 10.4. The van der Waals surface area contributed by atoms with E-state index in [9.17, 15) is 0 Å². The van der Waals surface area contributed by atoms with E-state index >= 15 is 0 Å². The van der Waals surface area contributed by atoms with Gasteiger partial charge in [0.25, 0.3) is 0 Å². The van der Waals surface area contributed by atoms with Gasteiger partial charge in [0, 0.05) is 38.4 Å². The number of ether oxygens (including phenoxy) is 1. The molecule has 1 saturated carbocycles.